The molecule has 1 saturated heterocycles. The number of ether oxygens (including phenoxy) is 1. The molecule has 2 aromatic rings. The van der Waals surface area contributed by atoms with E-state index in [-0.39, 0.29) is 28.6 Å². The minimum atomic E-state index is -3.32. The average molecular weight is 466 g/mol. The number of aromatic nitrogens is 1. The molecule has 0 radical (unpaired) electrons. The highest BCUT2D eigenvalue weighted by atomic mass is 32.2. The first-order chi connectivity index (χ1) is 15.0. The van der Waals surface area contributed by atoms with E-state index in [0.717, 1.165) is 4.88 Å². The maximum absolute atomic E-state index is 12.9. The number of rotatable bonds is 9. The zero-order valence-corrected chi connectivity index (χ0v) is 18.3. The Morgan fingerprint density at radius 3 is 2.71 bits per heavy atom. The van der Waals surface area contributed by atoms with E-state index in [4.69, 9.17) is 14.7 Å². The quantitative estimate of drug-likeness (QED) is 0.427. The van der Waals surface area contributed by atoms with E-state index in [0.29, 0.717) is 49.6 Å². The number of carbonyl (C=O) groups is 1. The van der Waals surface area contributed by atoms with E-state index in [1.54, 1.807) is 18.3 Å². The first-order valence-corrected chi connectivity index (χ1v) is 12.4. The average Bonchev–Trinajstić information content (AvgIpc) is 3.34. The second-order valence-corrected chi connectivity index (χ2v) is 10.7. The van der Waals surface area contributed by atoms with Crippen molar-refractivity contribution in [1.82, 2.24) is 4.98 Å². The van der Waals surface area contributed by atoms with Crippen LogP contribution >= 0.6 is 11.3 Å². The summed E-state index contributed by atoms with van der Waals surface area (Å²) in [6.45, 7) is 0.964. The van der Waals surface area contributed by atoms with Crippen LogP contribution in [0.1, 0.15) is 29.7 Å². The van der Waals surface area contributed by atoms with Crippen LogP contribution in [0.4, 0.5) is 5.13 Å². The molecule has 1 aromatic heterocycles. The van der Waals surface area contributed by atoms with Crippen molar-refractivity contribution in [3.63, 3.8) is 0 Å². The number of sulfone groups is 1. The Morgan fingerprint density at radius 1 is 1.29 bits per heavy atom. The van der Waals surface area contributed by atoms with Gasteiger partial charge in [0, 0.05) is 36.1 Å². The molecule has 1 atom stereocenters. The summed E-state index contributed by atoms with van der Waals surface area (Å²) in [5, 5.41) is 15.9. The lowest BCUT2D eigenvalue weighted by atomic mass is 10.1. The number of aliphatic hydroxyl groups is 1. The molecule has 1 aliphatic heterocycles. The van der Waals surface area contributed by atoms with Gasteiger partial charge in [0.15, 0.2) is 26.8 Å². The minimum Gasteiger partial charge on any atom is -0.396 e. The van der Waals surface area contributed by atoms with E-state index in [9.17, 15) is 13.2 Å². The van der Waals surface area contributed by atoms with Gasteiger partial charge in [0.1, 0.15) is 0 Å². The molecule has 9 nitrogen and oxygen atoms in total. The van der Waals surface area contributed by atoms with Crippen molar-refractivity contribution in [3.8, 4) is 0 Å². The Hall–Kier alpha value is -2.34. The number of hydrogen-bond donors (Lipinski definition) is 2. The first kappa shape index (κ1) is 21.9. The Bertz CT molecular complexity index is 1050. The zero-order valence-electron chi connectivity index (χ0n) is 16.7. The third kappa shape index (κ3) is 5.29. The molecular weight excluding hydrogens is 442 g/mol. The molecule has 1 aliphatic carbocycles. The van der Waals surface area contributed by atoms with Gasteiger partial charge in [0.25, 0.3) is 5.91 Å². The van der Waals surface area contributed by atoms with Gasteiger partial charge in [-0.1, -0.05) is 17.3 Å². The Labute approximate surface area is 184 Å². The number of nitrogens with one attached hydrogen (secondary N) is 1. The molecule has 4 rings (SSSR count). The SMILES string of the molecule is O=C(Nc1ncc(CCO)s1)C(=NO[C@@H]1CCOC1)c1ccc(S(=O)(=O)C2CC2)cc1. The Balaban J connectivity index is 1.55. The van der Waals surface area contributed by atoms with Gasteiger partial charge >= 0.3 is 0 Å². The van der Waals surface area contributed by atoms with E-state index in [1.807, 2.05) is 0 Å². The van der Waals surface area contributed by atoms with Crippen molar-refractivity contribution < 1.29 is 27.9 Å². The van der Waals surface area contributed by atoms with Crippen molar-refractivity contribution in [2.24, 2.45) is 5.16 Å². The van der Waals surface area contributed by atoms with Crippen LogP contribution in [0.3, 0.4) is 0 Å². The third-order valence-electron chi connectivity index (χ3n) is 4.95. The van der Waals surface area contributed by atoms with Gasteiger partial charge in [-0.25, -0.2) is 13.4 Å². The van der Waals surface area contributed by atoms with Crippen molar-refractivity contribution in [1.29, 1.82) is 0 Å². The van der Waals surface area contributed by atoms with Crippen LogP contribution in [0.15, 0.2) is 40.5 Å². The zero-order chi connectivity index (χ0) is 21.8. The molecule has 2 N–H and O–H groups in total. The fraction of sp³-hybridized carbons (Fsp3) is 0.450. The van der Waals surface area contributed by atoms with Crippen LogP contribution in [0, 0.1) is 0 Å². The van der Waals surface area contributed by atoms with Gasteiger partial charge in [0.05, 0.1) is 23.4 Å². The number of carbonyl (C=O) groups excluding carboxylic acids is 1. The van der Waals surface area contributed by atoms with Crippen molar-refractivity contribution in [2.45, 2.75) is 41.9 Å². The van der Waals surface area contributed by atoms with Gasteiger partial charge in [-0.3, -0.25) is 10.1 Å². The van der Waals surface area contributed by atoms with Crippen LogP contribution in [-0.4, -0.2) is 61.3 Å². The molecule has 1 aromatic carbocycles. The summed E-state index contributed by atoms with van der Waals surface area (Å²) in [5.74, 6) is -0.526. The summed E-state index contributed by atoms with van der Waals surface area (Å²) in [6, 6.07) is 6.10. The predicted octanol–water partition coefficient (Wildman–Crippen LogP) is 1.76. The molecular formula is C20H23N3O6S2. The van der Waals surface area contributed by atoms with Gasteiger partial charge < -0.3 is 14.7 Å². The van der Waals surface area contributed by atoms with E-state index >= 15 is 0 Å². The summed E-state index contributed by atoms with van der Waals surface area (Å²) in [6.07, 6.45) is 3.85. The normalized spacial score (nSPS) is 19.4. The molecule has 0 spiro atoms. The number of thiazole rings is 1. The summed E-state index contributed by atoms with van der Waals surface area (Å²) in [5.41, 5.74) is 0.444. The summed E-state index contributed by atoms with van der Waals surface area (Å²) in [4.78, 5) is 23.6. The third-order valence-corrected chi connectivity index (χ3v) is 8.20. The molecule has 166 valence electrons. The molecule has 0 unspecified atom stereocenters. The highest BCUT2D eigenvalue weighted by Gasteiger charge is 2.36. The minimum absolute atomic E-state index is 0.00426. The lowest BCUT2D eigenvalue weighted by molar-refractivity contribution is -0.110. The van der Waals surface area contributed by atoms with Gasteiger partial charge in [-0.15, -0.1) is 11.3 Å². The van der Waals surface area contributed by atoms with Crippen LogP contribution < -0.4 is 5.32 Å². The maximum Gasteiger partial charge on any atom is 0.280 e. The van der Waals surface area contributed by atoms with Crippen molar-refractivity contribution in [3.05, 3.63) is 40.9 Å². The standard InChI is InChI=1S/C20H23N3O6S2/c24-9-7-15-11-21-20(30-15)22-19(25)18(23-29-14-8-10-28-12-14)13-1-3-16(4-2-13)31(26,27)17-5-6-17/h1-4,11,14,17,24H,5-10,12H2,(H,21,22,25)/t14-/m1/s1. The molecule has 11 heteroatoms. The maximum atomic E-state index is 12.9. The van der Waals surface area contributed by atoms with Gasteiger partial charge in [0.2, 0.25) is 0 Å². The molecule has 31 heavy (non-hydrogen) atoms. The highest BCUT2D eigenvalue weighted by molar-refractivity contribution is 7.92. The van der Waals surface area contributed by atoms with Crippen LogP contribution in [0.25, 0.3) is 0 Å². The first-order valence-electron chi connectivity index (χ1n) is 10.00. The van der Waals surface area contributed by atoms with Crippen molar-refractivity contribution >= 4 is 37.9 Å². The Kier molecular flexibility index (Phi) is 6.65. The number of nitrogens with zero attached hydrogens (tertiary/aromatic N) is 2. The van der Waals surface area contributed by atoms with E-state index in [2.05, 4.69) is 15.5 Å². The number of hydrogen-bond acceptors (Lipinski definition) is 9. The van der Waals surface area contributed by atoms with E-state index in [1.165, 1.54) is 23.5 Å². The smallest absolute Gasteiger partial charge is 0.280 e. The van der Waals surface area contributed by atoms with Crippen molar-refractivity contribution in [2.75, 3.05) is 25.1 Å². The Morgan fingerprint density at radius 2 is 2.06 bits per heavy atom. The molecule has 1 amide bonds. The van der Waals surface area contributed by atoms with Gasteiger partial charge in [-0.05, 0) is 25.0 Å². The summed E-state index contributed by atoms with van der Waals surface area (Å²) in [7, 11) is -3.32. The largest absolute Gasteiger partial charge is 0.396 e. The number of anilines is 1. The molecule has 2 aliphatic rings. The van der Waals surface area contributed by atoms with Crippen LogP contribution in [-0.2, 0) is 30.6 Å². The monoisotopic (exact) mass is 465 g/mol. The number of oxime groups is 1. The summed E-state index contributed by atoms with van der Waals surface area (Å²) >= 11 is 1.26. The highest BCUT2D eigenvalue weighted by Crippen LogP contribution is 2.33. The van der Waals surface area contributed by atoms with Crippen LogP contribution in [0.2, 0.25) is 0 Å². The fourth-order valence-corrected chi connectivity index (χ4v) is 5.52. The second-order valence-electron chi connectivity index (χ2n) is 7.36. The predicted molar refractivity (Wildman–Crippen MR) is 115 cm³/mol. The fourth-order valence-electron chi connectivity index (χ4n) is 3.07. The molecule has 1 saturated carbocycles. The number of benzene rings is 1. The van der Waals surface area contributed by atoms with Gasteiger partial charge in [-0.2, -0.15) is 0 Å². The lowest BCUT2D eigenvalue weighted by Crippen LogP contribution is -2.25. The molecule has 2 heterocycles. The van der Waals surface area contributed by atoms with E-state index < -0.39 is 15.7 Å². The number of amides is 1. The molecule has 0 bridgehead atoms. The lowest BCUT2D eigenvalue weighted by Gasteiger charge is -2.10. The topological polar surface area (TPSA) is 127 Å². The molecule has 2 fully saturated rings. The number of aliphatic hydroxyl groups excluding tert-OH is 1. The summed E-state index contributed by atoms with van der Waals surface area (Å²) < 4.78 is 30.1. The second kappa shape index (κ2) is 9.43. The van der Waals surface area contributed by atoms with Crippen LogP contribution in [0.5, 0.6) is 0 Å².